The maximum absolute atomic E-state index is 12.8. The molecule has 1 saturated heterocycles. The standard InChI is InChI=1S/C20H24N4O3/c1-2-3-10-24(13-14-4-5-14)15-8-11-23(12-9-15)19(25)16-6-7-17-18(21-16)22-20(26)27-17/h6-7,14-15H,4-5,8-13H2,1H3,(H,21,22,26). The number of aromatic nitrogens is 2. The van der Waals surface area contributed by atoms with Crippen molar-refractivity contribution in [1.29, 1.82) is 0 Å². The Bertz CT molecular complexity index is 939. The Labute approximate surface area is 157 Å². The normalized spacial score (nSPS) is 17.9. The zero-order valence-electron chi connectivity index (χ0n) is 15.5. The molecule has 1 aliphatic heterocycles. The van der Waals surface area contributed by atoms with Crippen LogP contribution in [0.4, 0.5) is 0 Å². The molecule has 7 nitrogen and oxygen atoms in total. The van der Waals surface area contributed by atoms with Gasteiger partial charge in [0.2, 0.25) is 0 Å². The second kappa shape index (κ2) is 7.57. The van der Waals surface area contributed by atoms with Crippen LogP contribution in [0, 0.1) is 17.8 Å². The highest BCUT2D eigenvalue weighted by Crippen LogP contribution is 2.31. The number of carbonyl (C=O) groups excluding carboxylic acids is 1. The summed E-state index contributed by atoms with van der Waals surface area (Å²) < 4.78 is 4.94. The van der Waals surface area contributed by atoms with Gasteiger partial charge in [-0.1, -0.05) is 5.92 Å². The molecular formula is C20H24N4O3. The average Bonchev–Trinajstić information content (AvgIpc) is 3.42. The van der Waals surface area contributed by atoms with Gasteiger partial charge in [0.15, 0.2) is 11.2 Å². The van der Waals surface area contributed by atoms with Gasteiger partial charge in [-0.2, -0.15) is 0 Å². The number of nitrogens with zero attached hydrogens (tertiary/aromatic N) is 3. The van der Waals surface area contributed by atoms with E-state index in [1.165, 1.54) is 12.8 Å². The summed E-state index contributed by atoms with van der Waals surface area (Å²) in [5, 5.41) is 0. The quantitative estimate of drug-likeness (QED) is 0.815. The van der Waals surface area contributed by atoms with Crippen LogP contribution in [0.1, 0.15) is 43.1 Å². The molecule has 0 unspecified atom stereocenters. The summed E-state index contributed by atoms with van der Waals surface area (Å²) in [4.78, 5) is 35.1. The summed E-state index contributed by atoms with van der Waals surface area (Å²) in [6.45, 7) is 5.25. The van der Waals surface area contributed by atoms with Crippen molar-refractivity contribution in [3.05, 3.63) is 28.4 Å². The fourth-order valence-electron chi connectivity index (χ4n) is 3.71. The number of nitrogens with one attached hydrogen (secondary N) is 1. The van der Waals surface area contributed by atoms with E-state index in [2.05, 4.69) is 26.7 Å². The van der Waals surface area contributed by atoms with E-state index in [1.807, 2.05) is 11.8 Å². The second-order valence-corrected chi connectivity index (χ2v) is 7.38. The molecule has 2 aromatic rings. The number of piperidine rings is 1. The van der Waals surface area contributed by atoms with Gasteiger partial charge in [-0.25, -0.2) is 9.78 Å². The third-order valence-corrected chi connectivity index (χ3v) is 5.42. The first-order chi connectivity index (χ1) is 13.1. The summed E-state index contributed by atoms with van der Waals surface area (Å²) in [5.74, 6) is 6.37. The number of carbonyl (C=O) groups is 1. The lowest BCUT2D eigenvalue weighted by molar-refractivity contribution is 0.0624. The molecule has 1 aliphatic carbocycles. The number of hydrogen-bond acceptors (Lipinski definition) is 5. The minimum Gasteiger partial charge on any atom is -0.406 e. The van der Waals surface area contributed by atoms with Crippen LogP contribution in [0.25, 0.3) is 11.2 Å². The zero-order valence-corrected chi connectivity index (χ0v) is 15.5. The number of amides is 1. The number of aromatic amines is 1. The number of H-pyrrole nitrogens is 1. The van der Waals surface area contributed by atoms with Crippen LogP contribution >= 0.6 is 0 Å². The molecule has 4 rings (SSSR count). The Morgan fingerprint density at radius 1 is 1.33 bits per heavy atom. The van der Waals surface area contributed by atoms with Crippen molar-refractivity contribution in [2.75, 3.05) is 26.2 Å². The smallest absolute Gasteiger partial charge is 0.406 e. The Hall–Kier alpha value is -2.59. The van der Waals surface area contributed by atoms with Crippen molar-refractivity contribution in [1.82, 2.24) is 19.8 Å². The van der Waals surface area contributed by atoms with Crippen molar-refractivity contribution < 1.29 is 9.21 Å². The van der Waals surface area contributed by atoms with Gasteiger partial charge in [-0.15, -0.1) is 5.92 Å². The number of hydrogen-bond donors (Lipinski definition) is 1. The summed E-state index contributed by atoms with van der Waals surface area (Å²) in [6, 6.07) is 3.71. The first kappa shape index (κ1) is 17.8. The Balaban J connectivity index is 1.39. The van der Waals surface area contributed by atoms with Gasteiger partial charge >= 0.3 is 5.76 Å². The van der Waals surface area contributed by atoms with E-state index in [0.717, 1.165) is 31.8 Å². The predicted octanol–water partition coefficient (Wildman–Crippen LogP) is 1.86. The van der Waals surface area contributed by atoms with E-state index in [9.17, 15) is 9.59 Å². The largest absolute Gasteiger partial charge is 0.418 e. The summed E-state index contributed by atoms with van der Waals surface area (Å²) in [5.41, 5.74) is 1.02. The Morgan fingerprint density at radius 2 is 2.11 bits per heavy atom. The van der Waals surface area contributed by atoms with Crippen LogP contribution in [-0.2, 0) is 0 Å². The monoisotopic (exact) mass is 368 g/mol. The molecule has 3 heterocycles. The van der Waals surface area contributed by atoms with Crippen LogP contribution in [0.5, 0.6) is 0 Å². The van der Waals surface area contributed by atoms with Gasteiger partial charge in [-0.3, -0.25) is 14.7 Å². The minimum atomic E-state index is -0.561. The summed E-state index contributed by atoms with van der Waals surface area (Å²) in [7, 11) is 0. The molecule has 0 atom stereocenters. The molecule has 1 saturated carbocycles. The minimum absolute atomic E-state index is 0.0977. The van der Waals surface area contributed by atoms with Gasteiger partial charge in [0.25, 0.3) is 5.91 Å². The SMILES string of the molecule is CC#CCN(CC1CC1)C1CCN(C(=O)c2ccc3oc(=O)[nH]c3n2)CC1. The van der Waals surface area contributed by atoms with Gasteiger partial charge in [-0.05, 0) is 50.7 Å². The van der Waals surface area contributed by atoms with Gasteiger partial charge in [0, 0.05) is 25.7 Å². The van der Waals surface area contributed by atoms with Crippen molar-refractivity contribution >= 4 is 17.1 Å². The van der Waals surface area contributed by atoms with Crippen LogP contribution in [0.3, 0.4) is 0 Å². The number of oxazole rings is 1. The van der Waals surface area contributed by atoms with Crippen LogP contribution in [0.2, 0.25) is 0 Å². The molecule has 1 N–H and O–H groups in total. The highest BCUT2D eigenvalue weighted by atomic mass is 16.4. The van der Waals surface area contributed by atoms with Crippen molar-refractivity contribution in [3.8, 4) is 11.8 Å². The number of likely N-dealkylation sites (tertiary alicyclic amines) is 1. The van der Waals surface area contributed by atoms with Gasteiger partial charge in [0.05, 0.1) is 6.54 Å². The maximum atomic E-state index is 12.8. The second-order valence-electron chi connectivity index (χ2n) is 7.38. The summed E-state index contributed by atoms with van der Waals surface area (Å²) in [6.07, 6.45) is 4.57. The summed E-state index contributed by atoms with van der Waals surface area (Å²) >= 11 is 0. The molecule has 142 valence electrons. The fourth-order valence-corrected chi connectivity index (χ4v) is 3.71. The molecule has 1 amide bonds. The van der Waals surface area contributed by atoms with E-state index < -0.39 is 5.76 Å². The van der Waals surface area contributed by atoms with Gasteiger partial charge < -0.3 is 9.32 Å². The fraction of sp³-hybridized carbons (Fsp3) is 0.550. The molecule has 0 radical (unpaired) electrons. The van der Waals surface area contributed by atoms with E-state index in [0.29, 0.717) is 36.1 Å². The lowest BCUT2D eigenvalue weighted by Gasteiger charge is -2.37. The zero-order chi connectivity index (χ0) is 18.8. The number of fused-ring (bicyclic) bond motifs is 1. The van der Waals surface area contributed by atoms with E-state index in [4.69, 9.17) is 4.42 Å². The van der Waals surface area contributed by atoms with Crippen LogP contribution in [0.15, 0.2) is 21.3 Å². The highest BCUT2D eigenvalue weighted by molar-refractivity contribution is 5.93. The van der Waals surface area contributed by atoms with E-state index in [-0.39, 0.29) is 5.91 Å². The Morgan fingerprint density at radius 3 is 2.81 bits per heavy atom. The lowest BCUT2D eigenvalue weighted by atomic mass is 10.0. The van der Waals surface area contributed by atoms with Crippen LogP contribution in [-0.4, -0.2) is 57.9 Å². The molecule has 2 aromatic heterocycles. The van der Waals surface area contributed by atoms with Crippen LogP contribution < -0.4 is 5.76 Å². The molecule has 0 bridgehead atoms. The average molecular weight is 368 g/mol. The first-order valence-corrected chi connectivity index (χ1v) is 9.57. The van der Waals surface area contributed by atoms with E-state index in [1.54, 1.807) is 12.1 Å². The molecule has 2 fully saturated rings. The topological polar surface area (TPSA) is 82.4 Å². The predicted molar refractivity (Wildman–Crippen MR) is 101 cm³/mol. The molecule has 2 aliphatic rings. The molecule has 7 heteroatoms. The third-order valence-electron chi connectivity index (χ3n) is 5.42. The highest BCUT2D eigenvalue weighted by Gasteiger charge is 2.31. The molecule has 27 heavy (non-hydrogen) atoms. The Kier molecular flexibility index (Phi) is 4.99. The van der Waals surface area contributed by atoms with Crippen molar-refractivity contribution in [3.63, 3.8) is 0 Å². The van der Waals surface area contributed by atoms with E-state index >= 15 is 0 Å². The number of pyridine rings is 1. The molecular weight excluding hydrogens is 344 g/mol. The molecule has 0 spiro atoms. The first-order valence-electron chi connectivity index (χ1n) is 9.57. The van der Waals surface area contributed by atoms with Gasteiger partial charge in [0.1, 0.15) is 5.69 Å². The maximum Gasteiger partial charge on any atom is 0.418 e. The number of rotatable bonds is 5. The lowest BCUT2D eigenvalue weighted by Crippen LogP contribution is -2.47. The van der Waals surface area contributed by atoms with Crippen molar-refractivity contribution in [2.24, 2.45) is 5.92 Å². The van der Waals surface area contributed by atoms with Crippen molar-refractivity contribution in [2.45, 2.75) is 38.6 Å². The third kappa shape index (κ3) is 4.06. The molecule has 0 aromatic carbocycles.